The molecular weight excluding hydrogens is 240 g/mol. The number of ether oxygens (including phenoxy) is 2. The SMILES string of the molecule is C=CCO[C@]1(CC=C)[C@@H](O)[C@@H](O)O[C@H](CO)[C@@H]1O. The molecule has 1 saturated heterocycles. The van der Waals surface area contributed by atoms with E-state index >= 15 is 0 Å². The third-order valence-corrected chi connectivity index (χ3v) is 3.05. The highest BCUT2D eigenvalue weighted by atomic mass is 16.6. The number of rotatable bonds is 6. The Balaban J connectivity index is 3.05. The first-order valence-corrected chi connectivity index (χ1v) is 5.69. The van der Waals surface area contributed by atoms with Crippen molar-refractivity contribution < 1.29 is 29.9 Å². The van der Waals surface area contributed by atoms with Crippen LogP contribution in [0.3, 0.4) is 0 Å². The minimum absolute atomic E-state index is 0.0762. The molecule has 0 bridgehead atoms. The van der Waals surface area contributed by atoms with Gasteiger partial charge in [0.1, 0.15) is 23.9 Å². The largest absolute Gasteiger partial charge is 0.394 e. The number of aliphatic hydroxyl groups is 4. The van der Waals surface area contributed by atoms with Crippen molar-refractivity contribution in [3.05, 3.63) is 25.3 Å². The van der Waals surface area contributed by atoms with Crippen LogP contribution in [0.1, 0.15) is 6.42 Å². The first-order chi connectivity index (χ1) is 8.53. The second-order valence-corrected chi connectivity index (χ2v) is 4.18. The van der Waals surface area contributed by atoms with Crippen molar-refractivity contribution in [1.29, 1.82) is 0 Å². The van der Waals surface area contributed by atoms with Crippen LogP contribution in [-0.4, -0.2) is 63.8 Å². The van der Waals surface area contributed by atoms with Gasteiger partial charge in [-0.1, -0.05) is 12.2 Å². The zero-order valence-corrected chi connectivity index (χ0v) is 10.1. The fourth-order valence-corrected chi connectivity index (χ4v) is 2.11. The van der Waals surface area contributed by atoms with Gasteiger partial charge in [0.05, 0.1) is 13.2 Å². The second-order valence-electron chi connectivity index (χ2n) is 4.18. The Morgan fingerprint density at radius 3 is 2.33 bits per heavy atom. The molecule has 0 aromatic carbocycles. The molecule has 0 saturated carbocycles. The van der Waals surface area contributed by atoms with Gasteiger partial charge in [0.15, 0.2) is 6.29 Å². The van der Waals surface area contributed by atoms with Crippen LogP contribution in [0.4, 0.5) is 0 Å². The molecule has 0 unspecified atom stereocenters. The number of hydrogen-bond donors (Lipinski definition) is 4. The van der Waals surface area contributed by atoms with Crippen LogP contribution >= 0.6 is 0 Å². The highest BCUT2D eigenvalue weighted by molar-refractivity contribution is 5.06. The Morgan fingerprint density at radius 2 is 1.83 bits per heavy atom. The lowest BCUT2D eigenvalue weighted by molar-refractivity contribution is -0.329. The minimum Gasteiger partial charge on any atom is -0.394 e. The number of aliphatic hydroxyl groups excluding tert-OH is 4. The van der Waals surface area contributed by atoms with E-state index in [-0.39, 0.29) is 13.0 Å². The number of hydrogen-bond acceptors (Lipinski definition) is 6. The molecule has 6 nitrogen and oxygen atoms in total. The maximum atomic E-state index is 10.2. The van der Waals surface area contributed by atoms with E-state index in [1.807, 2.05) is 0 Å². The highest BCUT2D eigenvalue weighted by Gasteiger charge is 2.55. The molecule has 1 aliphatic rings. The minimum atomic E-state index is -1.55. The molecule has 0 aromatic heterocycles. The molecule has 0 amide bonds. The monoisotopic (exact) mass is 260 g/mol. The van der Waals surface area contributed by atoms with Gasteiger partial charge in [-0.25, -0.2) is 0 Å². The Morgan fingerprint density at radius 1 is 1.17 bits per heavy atom. The summed E-state index contributed by atoms with van der Waals surface area (Å²) >= 11 is 0. The summed E-state index contributed by atoms with van der Waals surface area (Å²) in [6.07, 6.45) is -2.31. The average molecular weight is 260 g/mol. The van der Waals surface area contributed by atoms with Gasteiger partial charge < -0.3 is 29.9 Å². The van der Waals surface area contributed by atoms with E-state index in [1.165, 1.54) is 12.2 Å². The summed E-state index contributed by atoms with van der Waals surface area (Å²) < 4.78 is 10.4. The molecule has 104 valence electrons. The predicted octanol–water partition coefficient (Wildman–Crippen LogP) is -1.06. The van der Waals surface area contributed by atoms with Crippen LogP contribution in [0.5, 0.6) is 0 Å². The van der Waals surface area contributed by atoms with Crippen LogP contribution in [0.15, 0.2) is 25.3 Å². The summed E-state index contributed by atoms with van der Waals surface area (Å²) in [4.78, 5) is 0. The van der Waals surface area contributed by atoms with Crippen molar-refractivity contribution >= 4 is 0 Å². The maximum Gasteiger partial charge on any atom is 0.184 e. The van der Waals surface area contributed by atoms with Crippen LogP contribution in [-0.2, 0) is 9.47 Å². The zero-order valence-electron chi connectivity index (χ0n) is 10.1. The smallest absolute Gasteiger partial charge is 0.184 e. The topological polar surface area (TPSA) is 99.4 Å². The van der Waals surface area contributed by atoms with E-state index in [1.54, 1.807) is 0 Å². The second kappa shape index (κ2) is 6.42. The third-order valence-electron chi connectivity index (χ3n) is 3.05. The van der Waals surface area contributed by atoms with Crippen LogP contribution in [0.2, 0.25) is 0 Å². The molecule has 6 heteroatoms. The van der Waals surface area contributed by atoms with Crippen molar-refractivity contribution in [3.63, 3.8) is 0 Å². The van der Waals surface area contributed by atoms with Gasteiger partial charge in [-0.05, 0) is 6.42 Å². The summed E-state index contributed by atoms with van der Waals surface area (Å²) in [5.74, 6) is 0. The van der Waals surface area contributed by atoms with E-state index < -0.39 is 36.8 Å². The molecule has 18 heavy (non-hydrogen) atoms. The van der Waals surface area contributed by atoms with E-state index in [9.17, 15) is 15.3 Å². The summed E-state index contributed by atoms with van der Waals surface area (Å²) in [5.41, 5.74) is -1.47. The molecule has 5 atom stereocenters. The van der Waals surface area contributed by atoms with E-state index in [0.29, 0.717) is 0 Å². The zero-order chi connectivity index (χ0) is 13.8. The van der Waals surface area contributed by atoms with Gasteiger partial charge in [0.25, 0.3) is 0 Å². The van der Waals surface area contributed by atoms with Gasteiger partial charge in [0.2, 0.25) is 0 Å². The van der Waals surface area contributed by atoms with E-state index in [2.05, 4.69) is 13.2 Å². The molecule has 0 aromatic rings. The Bertz CT molecular complexity index is 294. The Kier molecular flexibility index (Phi) is 5.46. The fraction of sp³-hybridized carbons (Fsp3) is 0.667. The highest BCUT2D eigenvalue weighted by Crippen LogP contribution is 2.35. The van der Waals surface area contributed by atoms with Crippen molar-refractivity contribution in [1.82, 2.24) is 0 Å². The molecule has 0 radical (unpaired) electrons. The van der Waals surface area contributed by atoms with Gasteiger partial charge in [-0.2, -0.15) is 0 Å². The van der Waals surface area contributed by atoms with E-state index in [0.717, 1.165) is 0 Å². The Hall–Kier alpha value is -0.760. The average Bonchev–Trinajstić information content (AvgIpc) is 2.37. The molecule has 1 fully saturated rings. The lowest BCUT2D eigenvalue weighted by atomic mass is 9.81. The normalized spacial score (nSPS) is 40.4. The summed E-state index contributed by atoms with van der Waals surface area (Å²) in [7, 11) is 0. The van der Waals surface area contributed by atoms with Gasteiger partial charge >= 0.3 is 0 Å². The van der Waals surface area contributed by atoms with Crippen LogP contribution < -0.4 is 0 Å². The summed E-state index contributed by atoms with van der Waals surface area (Å²) in [6, 6.07) is 0. The van der Waals surface area contributed by atoms with Gasteiger partial charge in [-0.15, -0.1) is 13.2 Å². The molecular formula is C12H20O6. The lowest BCUT2D eigenvalue weighted by Crippen LogP contribution is -2.68. The predicted molar refractivity (Wildman–Crippen MR) is 63.7 cm³/mol. The lowest BCUT2D eigenvalue weighted by Gasteiger charge is -2.48. The third kappa shape index (κ3) is 2.64. The quantitative estimate of drug-likeness (QED) is 0.454. The van der Waals surface area contributed by atoms with Gasteiger partial charge in [-0.3, -0.25) is 0 Å². The van der Waals surface area contributed by atoms with Crippen molar-refractivity contribution in [2.45, 2.75) is 36.6 Å². The maximum absolute atomic E-state index is 10.2. The summed E-state index contributed by atoms with van der Waals surface area (Å²) in [6.45, 7) is 6.60. The van der Waals surface area contributed by atoms with Crippen LogP contribution in [0, 0.1) is 0 Å². The summed E-state index contributed by atoms with van der Waals surface area (Å²) in [5, 5.41) is 38.9. The molecule has 1 heterocycles. The molecule has 1 rings (SSSR count). The molecule has 0 spiro atoms. The molecule has 0 aliphatic carbocycles. The first kappa shape index (κ1) is 15.3. The molecule has 1 aliphatic heterocycles. The van der Waals surface area contributed by atoms with Crippen molar-refractivity contribution in [3.8, 4) is 0 Å². The molecule has 4 N–H and O–H groups in total. The standard InChI is InChI=1S/C12H20O6/c1-3-5-12(17-6-4-2)9(14)8(7-13)18-11(16)10(12)15/h3-4,8-11,13-16H,1-2,5-7H2/t8-,9+,10+,11+,12+/m1/s1. The first-order valence-electron chi connectivity index (χ1n) is 5.69. The van der Waals surface area contributed by atoms with Crippen molar-refractivity contribution in [2.24, 2.45) is 0 Å². The van der Waals surface area contributed by atoms with Gasteiger partial charge in [0, 0.05) is 0 Å². The van der Waals surface area contributed by atoms with E-state index in [4.69, 9.17) is 14.6 Å². The van der Waals surface area contributed by atoms with Crippen molar-refractivity contribution in [2.75, 3.05) is 13.2 Å². The fourth-order valence-electron chi connectivity index (χ4n) is 2.11. The Labute approximate surface area is 106 Å². The van der Waals surface area contributed by atoms with Crippen LogP contribution in [0.25, 0.3) is 0 Å².